The molecule has 2 aromatic carbocycles. The molecule has 0 saturated carbocycles. The zero-order chi connectivity index (χ0) is 13.7. The second kappa shape index (κ2) is 5.85. The quantitative estimate of drug-likeness (QED) is 0.783. The van der Waals surface area contributed by atoms with Gasteiger partial charge in [-0.1, -0.05) is 54.6 Å². The Bertz CT molecular complexity index is 658. The molecule has 0 radical (unpaired) electrons. The predicted octanol–water partition coefficient (Wildman–Crippen LogP) is 3.24. The molecular formula is C16H16O2S. The maximum Gasteiger partial charge on any atom is 0.182 e. The fourth-order valence-electron chi connectivity index (χ4n) is 2.01. The maximum atomic E-state index is 12.2. The molecule has 0 bridgehead atoms. The highest BCUT2D eigenvalue weighted by atomic mass is 32.2. The molecular weight excluding hydrogens is 256 g/mol. The van der Waals surface area contributed by atoms with E-state index in [2.05, 4.69) is 6.58 Å². The van der Waals surface area contributed by atoms with Gasteiger partial charge in [0, 0.05) is 0 Å². The van der Waals surface area contributed by atoms with E-state index in [1.165, 1.54) is 6.08 Å². The molecule has 0 aliphatic rings. The molecule has 98 valence electrons. The van der Waals surface area contributed by atoms with E-state index in [-0.39, 0.29) is 5.75 Å². The molecule has 2 rings (SSSR count). The average Bonchev–Trinajstić information content (AvgIpc) is 2.40. The molecule has 0 spiro atoms. The number of hydrogen-bond acceptors (Lipinski definition) is 2. The largest absolute Gasteiger partial charge is 0.223 e. The molecule has 2 nitrogen and oxygen atoms in total. The fraction of sp³-hybridized carbons (Fsp3) is 0.125. The Balaban J connectivity index is 2.40. The summed E-state index contributed by atoms with van der Waals surface area (Å²) in [6.45, 7) is 3.51. The normalized spacial score (nSPS) is 11.2. The first-order valence-electron chi connectivity index (χ1n) is 6.09. The van der Waals surface area contributed by atoms with Crippen LogP contribution >= 0.6 is 0 Å². The fourth-order valence-corrected chi connectivity index (χ4v) is 3.33. The lowest BCUT2D eigenvalue weighted by Crippen LogP contribution is -2.08. The Hall–Kier alpha value is -1.87. The van der Waals surface area contributed by atoms with Crippen LogP contribution in [0.1, 0.15) is 11.1 Å². The van der Waals surface area contributed by atoms with Crippen LogP contribution in [0.4, 0.5) is 0 Å². The summed E-state index contributed by atoms with van der Waals surface area (Å²) in [5, 5.41) is 0. The van der Waals surface area contributed by atoms with Crippen LogP contribution in [-0.4, -0.2) is 14.2 Å². The molecule has 19 heavy (non-hydrogen) atoms. The van der Waals surface area contributed by atoms with Gasteiger partial charge in [0.05, 0.1) is 10.6 Å². The molecule has 0 saturated heterocycles. The lowest BCUT2D eigenvalue weighted by Gasteiger charge is -2.09. The zero-order valence-electron chi connectivity index (χ0n) is 10.6. The molecule has 2 aromatic rings. The lowest BCUT2D eigenvalue weighted by molar-refractivity contribution is 0.598. The first-order valence-corrected chi connectivity index (χ1v) is 7.74. The van der Waals surface area contributed by atoms with Gasteiger partial charge in [0.1, 0.15) is 0 Å². The first-order chi connectivity index (χ1) is 9.13. The SMILES string of the molecule is C=CCS(=O)(=O)c1ccccc1Cc1ccccc1. The molecule has 0 N–H and O–H groups in total. The molecule has 0 aliphatic heterocycles. The van der Waals surface area contributed by atoms with E-state index < -0.39 is 9.84 Å². The Kier molecular flexibility index (Phi) is 4.17. The van der Waals surface area contributed by atoms with Crippen LogP contribution in [0.2, 0.25) is 0 Å². The van der Waals surface area contributed by atoms with Crippen molar-refractivity contribution in [3.63, 3.8) is 0 Å². The number of rotatable bonds is 5. The van der Waals surface area contributed by atoms with Gasteiger partial charge in [-0.3, -0.25) is 0 Å². The smallest absolute Gasteiger partial charge is 0.182 e. The predicted molar refractivity (Wildman–Crippen MR) is 77.9 cm³/mol. The van der Waals surface area contributed by atoms with Gasteiger partial charge in [-0.05, 0) is 23.6 Å². The third kappa shape index (κ3) is 3.32. The van der Waals surface area contributed by atoms with Crippen molar-refractivity contribution in [1.29, 1.82) is 0 Å². The van der Waals surface area contributed by atoms with Gasteiger partial charge in [0.2, 0.25) is 0 Å². The summed E-state index contributed by atoms with van der Waals surface area (Å²) in [6.07, 6.45) is 2.04. The highest BCUT2D eigenvalue weighted by Crippen LogP contribution is 2.20. The minimum absolute atomic E-state index is 0.0290. The number of benzene rings is 2. The van der Waals surface area contributed by atoms with Crippen molar-refractivity contribution in [3.05, 3.63) is 78.4 Å². The summed E-state index contributed by atoms with van der Waals surface area (Å²) in [6, 6.07) is 17.0. The second-order valence-electron chi connectivity index (χ2n) is 4.34. The standard InChI is InChI=1S/C16H16O2S/c1-2-12-19(17,18)16-11-7-6-10-15(16)13-14-8-4-3-5-9-14/h2-11H,1,12-13H2. The molecule has 0 aliphatic carbocycles. The van der Waals surface area contributed by atoms with Crippen molar-refractivity contribution in [3.8, 4) is 0 Å². The van der Waals surface area contributed by atoms with Crippen LogP contribution in [0.15, 0.2) is 72.1 Å². The molecule has 0 aromatic heterocycles. The molecule has 3 heteroatoms. The summed E-state index contributed by atoms with van der Waals surface area (Å²) < 4.78 is 24.3. The van der Waals surface area contributed by atoms with Crippen LogP contribution in [0.3, 0.4) is 0 Å². The molecule has 0 unspecified atom stereocenters. The van der Waals surface area contributed by atoms with Gasteiger partial charge in [0.15, 0.2) is 9.84 Å². The first kappa shape index (κ1) is 13.6. The van der Waals surface area contributed by atoms with Crippen LogP contribution in [0.25, 0.3) is 0 Å². The van der Waals surface area contributed by atoms with Crippen LogP contribution < -0.4 is 0 Å². The number of hydrogen-bond donors (Lipinski definition) is 0. The van der Waals surface area contributed by atoms with E-state index in [1.54, 1.807) is 12.1 Å². The molecule has 0 atom stereocenters. The van der Waals surface area contributed by atoms with Crippen LogP contribution in [0.5, 0.6) is 0 Å². The Morgan fingerprint density at radius 3 is 2.26 bits per heavy atom. The van der Waals surface area contributed by atoms with Gasteiger partial charge in [0.25, 0.3) is 0 Å². The van der Waals surface area contributed by atoms with Gasteiger partial charge in [-0.25, -0.2) is 8.42 Å². The van der Waals surface area contributed by atoms with Gasteiger partial charge >= 0.3 is 0 Å². The van der Waals surface area contributed by atoms with E-state index in [0.29, 0.717) is 11.3 Å². The van der Waals surface area contributed by atoms with Crippen molar-refractivity contribution in [2.24, 2.45) is 0 Å². The van der Waals surface area contributed by atoms with Crippen molar-refractivity contribution in [1.82, 2.24) is 0 Å². The van der Waals surface area contributed by atoms with Gasteiger partial charge in [-0.15, -0.1) is 6.58 Å². The molecule has 0 fully saturated rings. The van der Waals surface area contributed by atoms with E-state index in [4.69, 9.17) is 0 Å². The summed E-state index contributed by atoms with van der Waals surface area (Å²) in [4.78, 5) is 0.402. The van der Waals surface area contributed by atoms with Gasteiger partial charge in [-0.2, -0.15) is 0 Å². The summed E-state index contributed by atoms with van der Waals surface area (Å²) in [5.41, 5.74) is 1.93. The van der Waals surface area contributed by atoms with E-state index in [1.807, 2.05) is 42.5 Å². The molecule has 0 heterocycles. The molecule has 0 amide bonds. The van der Waals surface area contributed by atoms with E-state index in [9.17, 15) is 8.42 Å². The van der Waals surface area contributed by atoms with Crippen molar-refractivity contribution >= 4 is 9.84 Å². The Morgan fingerprint density at radius 2 is 1.58 bits per heavy atom. The van der Waals surface area contributed by atoms with Crippen molar-refractivity contribution < 1.29 is 8.42 Å². The summed E-state index contributed by atoms with van der Waals surface area (Å²) in [5.74, 6) is -0.0290. The lowest BCUT2D eigenvalue weighted by atomic mass is 10.1. The van der Waals surface area contributed by atoms with E-state index >= 15 is 0 Å². The summed E-state index contributed by atoms with van der Waals surface area (Å²) in [7, 11) is -3.28. The highest BCUT2D eigenvalue weighted by Gasteiger charge is 2.16. The number of sulfone groups is 1. The third-order valence-corrected chi connectivity index (χ3v) is 4.63. The third-order valence-electron chi connectivity index (χ3n) is 2.88. The Labute approximate surface area is 114 Å². The average molecular weight is 272 g/mol. The van der Waals surface area contributed by atoms with E-state index in [0.717, 1.165) is 11.1 Å². The topological polar surface area (TPSA) is 34.1 Å². The highest BCUT2D eigenvalue weighted by molar-refractivity contribution is 7.91. The summed E-state index contributed by atoms with van der Waals surface area (Å²) >= 11 is 0. The van der Waals surface area contributed by atoms with Crippen LogP contribution in [-0.2, 0) is 16.3 Å². The minimum Gasteiger partial charge on any atom is -0.223 e. The van der Waals surface area contributed by atoms with Crippen molar-refractivity contribution in [2.75, 3.05) is 5.75 Å². The Morgan fingerprint density at radius 1 is 0.947 bits per heavy atom. The second-order valence-corrected chi connectivity index (χ2v) is 6.34. The monoisotopic (exact) mass is 272 g/mol. The minimum atomic E-state index is -3.28. The van der Waals surface area contributed by atoms with Crippen LogP contribution in [0, 0.1) is 0 Å². The maximum absolute atomic E-state index is 12.2. The van der Waals surface area contributed by atoms with Gasteiger partial charge < -0.3 is 0 Å². The zero-order valence-corrected chi connectivity index (χ0v) is 11.4. The van der Waals surface area contributed by atoms with Crippen molar-refractivity contribution in [2.45, 2.75) is 11.3 Å².